The van der Waals surface area contributed by atoms with Gasteiger partial charge in [0.05, 0.1) is 0 Å². The number of carbonyl (C=O) groups is 8. The van der Waals surface area contributed by atoms with E-state index in [-0.39, 0.29) is 70.0 Å². The fourth-order valence-electron chi connectivity index (χ4n) is 15.2. The highest BCUT2D eigenvalue weighted by molar-refractivity contribution is 7.90. The monoisotopic (exact) mass is 1770 g/mol. The van der Waals surface area contributed by atoms with Crippen LogP contribution in [0.3, 0.4) is 0 Å². The molecule has 0 radical (unpaired) electrons. The van der Waals surface area contributed by atoms with E-state index in [2.05, 4.69) is 68.7 Å². The van der Waals surface area contributed by atoms with Gasteiger partial charge in [0, 0.05) is 116 Å². The molecule has 1 fully saturated rings. The minimum atomic E-state index is -4.31. The molecule has 0 saturated carbocycles. The summed E-state index contributed by atoms with van der Waals surface area (Å²) < 4.78 is 114. The molecule has 4 aliphatic carbocycles. The number of aryl methyl sites for hydroxylation is 8. The summed E-state index contributed by atoms with van der Waals surface area (Å²) in [4.78, 5) is 107. The molecule has 5 aliphatic rings. The number of nitrogens with zero attached hydrogens (tertiary/aromatic N) is 12. The van der Waals surface area contributed by atoms with Gasteiger partial charge in [0.25, 0.3) is 70.4 Å². The van der Waals surface area contributed by atoms with Gasteiger partial charge < -0.3 is 36.4 Å². The van der Waals surface area contributed by atoms with E-state index in [0.29, 0.717) is 31.0 Å². The summed E-state index contributed by atoms with van der Waals surface area (Å²) in [5, 5.41) is 27.3. The van der Waals surface area contributed by atoms with Crippen molar-refractivity contribution in [3.8, 4) is 0 Å². The minimum Gasteiger partial charge on any atom is -0.354 e. The Bertz CT molecular complexity index is 5880. The van der Waals surface area contributed by atoms with Crippen LogP contribution in [-0.2, 0) is 120 Å². The summed E-state index contributed by atoms with van der Waals surface area (Å²) >= 11 is 0. The first kappa shape index (κ1) is 93.2. The second kappa shape index (κ2) is 38.6. The molecule has 4 aromatic heterocycles. The van der Waals surface area contributed by atoms with Gasteiger partial charge >= 0.3 is 24.1 Å². The molecule has 0 bridgehead atoms. The minimum absolute atomic E-state index is 0.00404. The molecule has 1 saturated heterocycles. The van der Waals surface area contributed by atoms with Crippen LogP contribution in [-0.4, -0.2) is 183 Å². The third kappa shape index (κ3) is 21.4. The number of urea groups is 4. The zero-order valence-electron chi connectivity index (χ0n) is 71.8. The summed E-state index contributed by atoms with van der Waals surface area (Å²) in [5.41, 5.74) is 16.0. The van der Waals surface area contributed by atoms with Gasteiger partial charge in [0.2, 0.25) is 0 Å². The number of amides is 12. The molecular formula is C82H107N21O16S4. The van der Waals surface area contributed by atoms with Crippen LogP contribution >= 0.6 is 0 Å². The van der Waals surface area contributed by atoms with E-state index in [9.17, 15) is 72.0 Å². The number of hydrogen-bond donors (Lipinski definition) is 9. The SMILES string of the molecule is CCN(C)C(=O)c1cc(S(=O)(=O)NC(=O)Nc2c(C(C)C)cccc2C(C)C)nn1C.CNC(=O)c1cc(S(=O)(=O)NC(=O)Nc2c(C(C)C)cccc2C(C)C)nn1C.Cn1nc(S(=O)(=O)NC(=O)Nc2c3c(cc4c2CCC4)CCC3)cc1C(=O)N1CCC1.[C-]#[N+]CN(C)C(=O)c1cc(S(=O)(=O)NC(=O)Nc2c3c(cc4c2CCC4)CCC3)nn1C. The van der Waals surface area contributed by atoms with Crippen LogP contribution < -0.4 is 45.5 Å². The first-order valence-corrected chi connectivity index (χ1v) is 46.3. The van der Waals surface area contributed by atoms with Gasteiger partial charge in [-0.3, -0.25) is 47.7 Å². The second-order valence-electron chi connectivity index (χ2n) is 31.8. The van der Waals surface area contributed by atoms with Gasteiger partial charge in [0.1, 0.15) is 22.8 Å². The Hall–Kier alpha value is -12.0. The Morgan fingerprint density at radius 1 is 0.415 bits per heavy atom. The first-order chi connectivity index (χ1) is 57.9. The molecule has 37 nitrogen and oxygen atoms in total. The maximum absolute atomic E-state index is 12.8. The Labute approximate surface area is 716 Å². The Morgan fingerprint density at radius 3 is 0.984 bits per heavy atom. The highest BCUT2D eigenvalue weighted by Gasteiger charge is 2.35. The fourth-order valence-corrected chi connectivity index (χ4v) is 18.8. The van der Waals surface area contributed by atoms with E-state index >= 15 is 0 Å². The lowest BCUT2D eigenvalue weighted by Crippen LogP contribution is -2.42. The number of fused-ring (bicyclic) bond motifs is 4. The lowest BCUT2D eigenvalue weighted by Gasteiger charge is -2.30. The van der Waals surface area contributed by atoms with Crippen LogP contribution in [0.2, 0.25) is 0 Å². The fraction of sp³-hybridized carbons (Fsp3) is 0.451. The molecule has 123 heavy (non-hydrogen) atoms. The second-order valence-corrected chi connectivity index (χ2v) is 38.3. The Kier molecular flexibility index (Phi) is 29.2. The number of likely N-dealkylation sites (tertiary alicyclic amines) is 1. The van der Waals surface area contributed by atoms with Crippen molar-refractivity contribution in [1.29, 1.82) is 0 Å². The number of rotatable bonds is 22. The number of sulfonamides is 4. The summed E-state index contributed by atoms with van der Waals surface area (Å²) in [7, 11) is -6.75. The lowest BCUT2D eigenvalue weighted by atomic mass is 9.93. The molecule has 9 N–H and O–H groups in total. The highest BCUT2D eigenvalue weighted by atomic mass is 32.2. The maximum Gasteiger partial charge on any atom is 0.333 e. The zero-order valence-corrected chi connectivity index (χ0v) is 75.1. The van der Waals surface area contributed by atoms with Gasteiger partial charge in [0.15, 0.2) is 20.1 Å². The maximum atomic E-state index is 12.8. The van der Waals surface area contributed by atoms with E-state index in [1.54, 1.807) is 18.9 Å². The highest BCUT2D eigenvalue weighted by Crippen LogP contribution is 2.41. The first-order valence-electron chi connectivity index (χ1n) is 40.4. The van der Waals surface area contributed by atoms with Crippen molar-refractivity contribution in [2.45, 2.75) is 190 Å². The normalized spacial score (nSPS) is 13.7. The standard InChI is InChI=1S/C21H24N6O4S.C21H25N5O4S.C21H31N5O4S.C19H27N5O4S/c1-22-12-26(2)20(28)17-11-18(24-27(17)3)32(30,31)25-21(29)23-19-15-8-4-6-13(15)10-14-7-5-9-16(14)19;1-25-17(20(27)26-9-4-10-26)12-18(23-25)31(29,30)24-21(28)22-19-15-7-2-5-13(15)11-14-6-3-8-16(14)19;1-8-25(6)20(27)17-12-18(23-26(17)7)31(29,30)24-21(28)22-19-15(13(2)3)10-9-11-16(19)14(4)5;1-11(2)13-8-7-9-14(12(3)4)17(13)21-19(26)23-29(27,28)16-10-15(18(25)20-5)24(6)22-16/h10-11H,4-9,12H2,2-3H3,(H2,23,25,29);11-12H,2-10H2,1H3,(H2,22,24,28);9-14H,8H2,1-7H3,(H2,22,24,28);7-12H,1-6H3,(H,20,25)(H2,21,23,26). The van der Waals surface area contributed by atoms with Gasteiger partial charge in [-0.1, -0.05) is 104 Å². The van der Waals surface area contributed by atoms with Crippen LogP contribution in [0.25, 0.3) is 4.85 Å². The number of para-hydroxylation sites is 2. The number of anilines is 4. The average Bonchev–Trinajstić information content (AvgIpc) is 1.63. The van der Waals surface area contributed by atoms with Crippen LogP contribution in [0, 0.1) is 6.57 Å². The van der Waals surface area contributed by atoms with Crippen LogP contribution in [0.4, 0.5) is 41.9 Å². The predicted octanol–water partition coefficient (Wildman–Crippen LogP) is 9.42. The third-order valence-corrected chi connectivity index (χ3v) is 26.6. The molecule has 1 aliphatic heterocycles. The van der Waals surface area contributed by atoms with Crippen molar-refractivity contribution in [2.75, 3.05) is 68.7 Å². The summed E-state index contributed by atoms with van der Waals surface area (Å²) in [6, 6.07) is 17.0. The van der Waals surface area contributed by atoms with Crippen molar-refractivity contribution < 1.29 is 72.0 Å². The third-order valence-electron chi connectivity index (χ3n) is 21.8. The van der Waals surface area contributed by atoms with E-state index in [4.69, 9.17) is 6.57 Å². The average molecular weight is 1770 g/mol. The van der Waals surface area contributed by atoms with Crippen molar-refractivity contribution in [2.24, 2.45) is 28.2 Å². The summed E-state index contributed by atoms with van der Waals surface area (Å²) in [6.45, 7) is 26.2. The number of benzene rings is 4. The molecule has 4 aromatic carbocycles. The largest absolute Gasteiger partial charge is 0.354 e. The van der Waals surface area contributed by atoms with Crippen molar-refractivity contribution in [3.63, 3.8) is 0 Å². The Morgan fingerprint density at radius 2 is 0.699 bits per heavy atom. The van der Waals surface area contributed by atoms with Gasteiger partial charge in [-0.25, -0.2) is 44.6 Å². The molecule has 13 rings (SSSR count). The molecule has 5 heterocycles. The van der Waals surface area contributed by atoms with Crippen LogP contribution in [0.5, 0.6) is 0 Å². The zero-order chi connectivity index (χ0) is 90.2. The van der Waals surface area contributed by atoms with Crippen molar-refractivity contribution in [3.05, 3.63) is 174 Å². The van der Waals surface area contributed by atoms with Gasteiger partial charge in [-0.2, -0.15) is 54.1 Å². The van der Waals surface area contributed by atoms with E-state index in [1.807, 2.05) is 106 Å². The van der Waals surface area contributed by atoms with E-state index < -0.39 is 91.1 Å². The number of aromatic nitrogens is 8. The van der Waals surface area contributed by atoms with Crippen molar-refractivity contribution >= 4 is 111 Å². The van der Waals surface area contributed by atoms with Crippen LogP contribution in [0.1, 0.15) is 227 Å². The predicted molar refractivity (Wildman–Crippen MR) is 461 cm³/mol. The molecule has 0 unspecified atom stereocenters. The smallest absolute Gasteiger partial charge is 0.333 e. The molecule has 12 amide bonds. The topological polar surface area (TPSA) is 467 Å². The molecule has 41 heteroatoms. The number of carbonyl (C=O) groups excluding carboxylic acids is 8. The number of nitrogens with one attached hydrogen (secondary N) is 9. The molecule has 660 valence electrons. The molecule has 0 atom stereocenters. The number of hydrogen-bond acceptors (Lipinski definition) is 20. The van der Waals surface area contributed by atoms with Gasteiger partial charge in [-0.15, -0.1) is 0 Å². The van der Waals surface area contributed by atoms with Gasteiger partial charge in [-0.05, 0) is 181 Å². The van der Waals surface area contributed by atoms with Crippen molar-refractivity contribution in [1.82, 2.24) is 78.0 Å². The summed E-state index contributed by atoms with van der Waals surface area (Å²) in [6.07, 6.45) is 12.4. The van der Waals surface area contributed by atoms with E-state index in [1.165, 1.54) is 84.9 Å². The van der Waals surface area contributed by atoms with E-state index in [0.717, 1.165) is 172 Å². The summed E-state index contributed by atoms with van der Waals surface area (Å²) in [5.74, 6) is -1.14. The quantitative estimate of drug-likeness (QED) is 0.0285. The molecule has 8 aromatic rings. The molecule has 0 spiro atoms. The van der Waals surface area contributed by atoms with Crippen LogP contribution in [0.15, 0.2) is 92.9 Å². The lowest BCUT2D eigenvalue weighted by molar-refractivity contribution is 0.0639. The Balaban J connectivity index is 0.000000172. The molecular weight excluding hydrogens is 1660 g/mol.